The van der Waals surface area contributed by atoms with Crippen LogP contribution in [0.1, 0.15) is 11.1 Å². The SMILES string of the molecule is COc1ccc(C)cc1NC(=O)N1CCN(Cc2ccccc2F)CC1. The second kappa shape index (κ2) is 8.19. The summed E-state index contributed by atoms with van der Waals surface area (Å²) in [5, 5.41) is 2.93. The number of benzene rings is 2. The first-order chi connectivity index (χ1) is 12.6. The molecule has 1 heterocycles. The molecule has 2 aromatic carbocycles. The Morgan fingerprint density at radius 1 is 1.15 bits per heavy atom. The van der Waals surface area contributed by atoms with Gasteiger partial charge in [0.15, 0.2) is 0 Å². The topological polar surface area (TPSA) is 44.8 Å². The lowest BCUT2D eigenvalue weighted by atomic mass is 10.2. The zero-order chi connectivity index (χ0) is 18.5. The number of nitrogens with zero attached hydrogens (tertiary/aromatic N) is 2. The lowest BCUT2D eigenvalue weighted by Crippen LogP contribution is -2.49. The van der Waals surface area contributed by atoms with Crippen LogP contribution in [0.5, 0.6) is 5.75 Å². The zero-order valence-corrected chi connectivity index (χ0v) is 15.2. The number of aryl methyl sites for hydroxylation is 1. The molecule has 0 aromatic heterocycles. The van der Waals surface area contributed by atoms with Gasteiger partial charge in [0.25, 0.3) is 0 Å². The summed E-state index contributed by atoms with van der Waals surface area (Å²) in [7, 11) is 1.59. The molecule has 1 aliphatic heterocycles. The molecule has 26 heavy (non-hydrogen) atoms. The van der Waals surface area contributed by atoms with Crippen LogP contribution in [0.3, 0.4) is 0 Å². The largest absolute Gasteiger partial charge is 0.495 e. The van der Waals surface area contributed by atoms with E-state index < -0.39 is 0 Å². The number of piperazine rings is 1. The maximum absolute atomic E-state index is 13.8. The van der Waals surface area contributed by atoms with Crippen molar-refractivity contribution in [1.82, 2.24) is 9.80 Å². The average molecular weight is 357 g/mol. The van der Waals surface area contributed by atoms with Crippen LogP contribution in [0, 0.1) is 12.7 Å². The van der Waals surface area contributed by atoms with Crippen LogP contribution >= 0.6 is 0 Å². The Morgan fingerprint density at radius 2 is 1.88 bits per heavy atom. The average Bonchev–Trinajstić information content (AvgIpc) is 2.64. The predicted molar refractivity (Wildman–Crippen MR) is 100.0 cm³/mol. The highest BCUT2D eigenvalue weighted by atomic mass is 19.1. The monoisotopic (exact) mass is 357 g/mol. The molecular weight excluding hydrogens is 333 g/mol. The van der Waals surface area contributed by atoms with Crippen molar-refractivity contribution < 1.29 is 13.9 Å². The Balaban J connectivity index is 1.55. The molecule has 0 unspecified atom stereocenters. The van der Waals surface area contributed by atoms with Crippen LogP contribution < -0.4 is 10.1 Å². The zero-order valence-electron chi connectivity index (χ0n) is 15.2. The molecule has 1 saturated heterocycles. The molecular formula is C20H24FN3O2. The molecule has 1 fully saturated rings. The number of hydrogen-bond donors (Lipinski definition) is 1. The van der Waals surface area contributed by atoms with Gasteiger partial charge in [0.1, 0.15) is 11.6 Å². The van der Waals surface area contributed by atoms with E-state index in [1.165, 1.54) is 6.07 Å². The molecule has 2 aromatic rings. The van der Waals surface area contributed by atoms with Crippen LogP contribution in [0.4, 0.5) is 14.9 Å². The summed E-state index contributed by atoms with van der Waals surface area (Å²) >= 11 is 0. The number of anilines is 1. The van der Waals surface area contributed by atoms with E-state index in [0.717, 1.165) is 5.56 Å². The highest BCUT2D eigenvalue weighted by Gasteiger charge is 2.22. The maximum Gasteiger partial charge on any atom is 0.322 e. The molecule has 6 heteroatoms. The Morgan fingerprint density at radius 3 is 2.58 bits per heavy atom. The van der Waals surface area contributed by atoms with Gasteiger partial charge < -0.3 is 15.0 Å². The van der Waals surface area contributed by atoms with E-state index in [-0.39, 0.29) is 11.8 Å². The molecule has 1 aliphatic rings. The third-order valence-electron chi connectivity index (χ3n) is 4.61. The molecule has 1 N–H and O–H groups in total. The molecule has 0 spiro atoms. The van der Waals surface area contributed by atoms with E-state index in [9.17, 15) is 9.18 Å². The number of carbonyl (C=O) groups excluding carboxylic acids is 1. The molecule has 5 nitrogen and oxygen atoms in total. The van der Waals surface area contributed by atoms with Crippen molar-refractivity contribution in [3.63, 3.8) is 0 Å². The first kappa shape index (κ1) is 18.2. The standard InChI is InChI=1S/C20H24FN3O2/c1-15-7-8-19(26-2)18(13-15)22-20(25)24-11-9-23(10-12-24)14-16-5-3-4-6-17(16)21/h3-8,13H,9-12,14H2,1-2H3,(H,22,25). The number of rotatable bonds is 4. The Hall–Kier alpha value is -2.60. The predicted octanol–water partition coefficient (Wildman–Crippen LogP) is 3.49. The van der Waals surface area contributed by atoms with Crippen molar-refractivity contribution in [1.29, 1.82) is 0 Å². The number of urea groups is 1. The minimum atomic E-state index is -0.181. The van der Waals surface area contributed by atoms with Crippen molar-refractivity contribution in [3.05, 3.63) is 59.4 Å². The maximum atomic E-state index is 13.8. The van der Waals surface area contributed by atoms with E-state index in [4.69, 9.17) is 4.74 Å². The smallest absolute Gasteiger partial charge is 0.322 e. The fourth-order valence-corrected chi connectivity index (χ4v) is 3.09. The molecule has 0 saturated carbocycles. The Kier molecular flexibility index (Phi) is 5.73. The van der Waals surface area contributed by atoms with E-state index in [0.29, 0.717) is 49.7 Å². The number of ether oxygens (including phenoxy) is 1. The van der Waals surface area contributed by atoms with Crippen molar-refractivity contribution >= 4 is 11.7 Å². The number of amides is 2. The minimum absolute atomic E-state index is 0.139. The minimum Gasteiger partial charge on any atom is -0.495 e. The molecule has 0 atom stereocenters. The van der Waals surface area contributed by atoms with E-state index >= 15 is 0 Å². The van der Waals surface area contributed by atoms with E-state index in [1.807, 2.05) is 31.2 Å². The van der Waals surface area contributed by atoms with Gasteiger partial charge in [-0.3, -0.25) is 4.90 Å². The van der Waals surface area contributed by atoms with Crippen molar-refractivity contribution in [2.75, 3.05) is 38.6 Å². The number of methoxy groups -OCH3 is 1. The first-order valence-corrected chi connectivity index (χ1v) is 8.73. The molecule has 0 bridgehead atoms. The van der Waals surface area contributed by atoms with Gasteiger partial charge in [0, 0.05) is 38.3 Å². The van der Waals surface area contributed by atoms with Gasteiger partial charge in [-0.15, -0.1) is 0 Å². The van der Waals surface area contributed by atoms with Crippen LogP contribution in [0.25, 0.3) is 0 Å². The summed E-state index contributed by atoms with van der Waals surface area (Å²) in [5.41, 5.74) is 2.41. The van der Waals surface area contributed by atoms with Crippen LogP contribution in [-0.4, -0.2) is 49.1 Å². The van der Waals surface area contributed by atoms with Gasteiger partial charge in [-0.25, -0.2) is 9.18 Å². The number of nitrogens with one attached hydrogen (secondary N) is 1. The molecule has 0 radical (unpaired) electrons. The van der Waals surface area contributed by atoms with Crippen LogP contribution in [0.2, 0.25) is 0 Å². The number of hydrogen-bond acceptors (Lipinski definition) is 3. The number of carbonyl (C=O) groups is 1. The third kappa shape index (κ3) is 4.32. The third-order valence-corrected chi connectivity index (χ3v) is 4.61. The summed E-state index contributed by atoms with van der Waals surface area (Å²) in [5.74, 6) is 0.460. The Bertz CT molecular complexity index is 773. The molecule has 0 aliphatic carbocycles. The van der Waals surface area contributed by atoms with Gasteiger partial charge in [-0.2, -0.15) is 0 Å². The van der Waals surface area contributed by atoms with Gasteiger partial charge in [0.05, 0.1) is 12.8 Å². The normalized spacial score (nSPS) is 15.0. The lowest BCUT2D eigenvalue weighted by molar-refractivity contribution is 0.142. The summed E-state index contributed by atoms with van der Waals surface area (Å²) in [6.45, 7) is 5.17. The van der Waals surface area contributed by atoms with Crippen molar-refractivity contribution in [3.8, 4) is 5.75 Å². The molecule has 3 rings (SSSR count). The van der Waals surface area contributed by atoms with E-state index in [1.54, 1.807) is 24.1 Å². The summed E-state index contributed by atoms with van der Waals surface area (Å²) < 4.78 is 19.1. The lowest BCUT2D eigenvalue weighted by Gasteiger charge is -2.34. The second-order valence-electron chi connectivity index (χ2n) is 6.49. The summed E-state index contributed by atoms with van der Waals surface area (Å²) in [6.07, 6.45) is 0. The van der Waals surface area contributed by atoms with Crippen molar-refractivity contribution in [2.24, 2.45) is 0 Å². The first-order valence-electron chi connectivity index (χ1n) is 8.73. The van der Waals surface area contributed by atoms with E-state index in [2.05, 4.69) is 10.2 Å². The highest BCUT2D eigenvalue weighted by Crippen LogP contribution is 2.25. The van der Waals surface area contributed by atoms with Crippen molar-refractivity contribution in [2.45, 2.75) is 13.5 Å². The fraction of sp³-hybridized carbons (Fsp3) is 0.350. The molecule has 138 valence electrons. The molecule has 2 amide bonds. The van der Waals surface area contributed by atoms with Gasteiger partial charge in [0.2, 0.25) is 0 Å². The van der Waals surface area contributed by atoms with Gasteiger partial charge in [-0.05, 0) is 30.7 Å². The second-order valence-corrected chi connectivity index (χ2v) is 6.49. The van der Waals surface area contributed by atoms with Crippen LogP contribution in [0.15, 0.2) is 42.5 Å². The quantitative estimate of drug-likeness (QED) is 0.911. The summed E-state index contributed by atoms with van der Waals surface area (Å²) in [4.78, 5) is 16.5. The van der Waals surface area contributed by atoms with Gasteiger partial charge in [-0.1, -0.05) is 24.3 Å². The number of halogens is 1. The summed E-state index contributed by atoms with van der Waals surface area (Å²) in [6, 6.07) is 12.4. The van der Waals surface area contributed by atoms with Gasteiger partial charge >= 0.3 is 6.03 Å². The van der Waals surface area contributed by atoms with Crippen LogP contribution in [-0.2, 0) is 6.54 Å². The fourth-order valence-electron chi connectivity index (χ4n) is 3.09. The Labute approximate surface area is 153 Å². The highest BCUT2D eigenvalue weighted by molar-refractivity contribution is 5.91.